The molecule has 2 heteroatoms. The number of ketones is 1. The molecule has 0 N–H and O–H groups in total. The Hall–Kier alpha value is -2.87. The molecule has 1 heterocycles. The van der Waals surface area contributed by atoms with E-state index in [9.17, 15) is 4.79 Å². The van der Waals surface area contributed by atoms with Gasteiger partial charge in [0.25, 0.3) is 0 Å². The number of rotatable bonds is 4. The summed E-state index contributed by atoms with van der Waals surface area (Å²) in [5.41, 5.74) is 4.69. The van der Waals surface area contributed by atoms with Crippen molar-refractivity contribution in [2.45, 2.75) is 33.6 Å². The van der Waals surface area contributed by atoms with Gasteiger partial charge in [0, 0.05) is 11.1 Å². The molecule has 0 saturated heterocycles. The zero-order chi connectivity index (χ0) is 18.5. The van der Waals surface area contributed by atoms with Crippen molar-refractivity contribution in [2.24, 2.45) is 0 Å². The minimum absolute atomic E-state index is 0.00102. The van der Waals surface area contributed by atoms with Crippen LogP contribution in [0.25, 0.3) is 5.57 Å². The highest BCUT2D eigenvalue weighted by atomic mass is 16.5. The highest BCUT2D eigenvalue weighted by molar-refractivity contribution is 6.31. The molecule has 0 saturated carbocycles. The fourth-order valence-electron chi connectivity index (χ4n) is 2.97. The zero-order valence-corrected chi connectivity index (χ0v) is 15.6. The van der Waals surface area contributed by atoms with Gasteiger partial charge in [-0.2, -0.15) is 0 Å². The van der Waals surface area contributed by atoms with Gasteiger partial charge in [-0.05, 0) is 51.8 Å². The smallest absolute Gasteiger partial charge is 0.197 e. The topological polar surface area (TPSA) is 26.3 Å². The summed E-state index contributed by atoms with van der Waals surface area (Å²) in [6.45, 7) is 6.33. The standard InChI is InChI=1S/C24H24O2/c1-17(2)9-8-10-18(3)15-16-20-19-11-4-6-13-22(19)26-23-14-7-5-12-21(23)24(20)25/h4-7,9,11-16H,8,10H2,1-3H3/b18-15-,20-16+. The van der Waals surface area contributed by atoms with Gasteiger partial charge >= 0.3 is 0 Å². The molecule has 2 nitrogen and oxygen atoms in total. The van der Waals surface area contributed by atoms with Crippen molar-refractivity contribution < 1.29 is 9.53 Å². The lowest BCUT2D eigenvalue weighted by atomic mass is 9.96. The van der Waals surface area contributed by atoms with E-state index >= 15 is 0 Å². The second-order valence-electron chi connectivity index (χ2n) is 6.84. The van der Waals surface area contributed by atoms with Gasteiger partial charge in [-0.1, -0.05) is 59.7 Å². The summed E-state index contributed by atoms with van der Waals surface area (Å²) in [5.74, 6) is 1.32. The van der Waals surface area contributed by atoms with E-state index in [0.29, 0.717) is 22.6 Å². The summed E-state index contributed by atoms with van der Waals surface area (Å²) in [5, 5.41) is 0. The molecule has 0 bridgehead atoms. The zero-order valence-electron chi connectivity index (χ0n) is 15.6. The molecule has 2 aromatic carbocycles. The number of benzene rings is 2. The molecule has 0 atom stereocenters. The molecule has 0 radical (unpaired) electrons. The van der Waals surface area contributed by atoms with E-state index in [1.165, 1.54) is 11.1 Å². The number of hydrogen-bond donors (Lipinski definition) is 0. The molecule has 3 rings (SSSR count). The fourth-order valence-corrected chi connectivity index (χ4v) is 2.97. The fraction of sp³-hybridized carbons (Fsp3) is 0.208. The summed E-state index contributed by atoms with van der Waals surface area (Å²) < 4.78 is 6.01. The van der Waals surface area contributed by atoms with Crippen LogP contribution in [0.1, 0.15) is 49.5 Å². The summed E-state index contributed by atoms with van der Waals surface area (Å²) in [6.07, 6.45) is 8.23. The quantitative estimate of drug-likeness (QED) is 0.453. The number of ether oxygens (including phenoxy) is 1. The Balaban J connectivity index is 1.99. The van der Waals surface area contributed by atoms with E-state index in [4.69, 9.17) is 4.74 Å². The first-order valence-electron chi connectivity index (χ1n) is 8.98. The number of carbonyl (C=O) groups excluding carboxylic acids is 1. The molecular weight excluding hydrogens is 320 g/mol. The average molecular weight is 344 g/mol. The number of para-hydroxylation sites is 2. The minimum Gasteiger partial charge on any atom is -0.456 e. The van der Waals surface area contributed by atoms with Crippen LogP contribution >= 0.6 is 0 Å². The van der Waals surface area contributed by atoms with Crippen molar-refractivity contribution in [3.05, 3.63) is 89.0 Å². The molecule has 1 aliphatic rings. The van der Waals surface area contributed by atoms with Crippen molar-refractivity contribution in [3.8, 4) is 11.5 Å². The monoisotopic (exact) mass is 344 g/mol. The Morgan fingerprint density at radius 3 is 2.23 bits per heavy atom. The second kappa shape index (κ2) is 8.01. The predicted octanol–water partition coefficient (Wildman–Crippen LogP) is 6.75. The van der Waals surface area contributed by atoms with Crippen LogP contribution in [0.3, 0.4) is 0 Å². The molecule has 0 aliphatic carbocycles. The summed E-state index contributed by atoms with van der Waals surface area (Å²) in [4.78, 5) is 13.1. The predicted molar refractivity (Wildman–Crippen MR) is 108 cm³/mol. The van der Waals surface area contributed by atoms with Crippen LogP contribution in [0.5, 0.6) is 11.5 Å². The number of hydrogen-bond acceptors (Lipinski definition) is 2. The Morgan fingerprint density at radius 1 is 0.923 bits per heavy atom. The van der Waals surface area contributed by atoms with E-state index in [1.54, 1.807) is 0 Å². The Labute approximate surface area is 155 Å². The Kier molecular flexibility index (Phi) is 5.52. The molecule has 0 fully saturated rings. The van der Waals surface area contributed by atoms with Crippen molar-refractivity contribution >= 4 is 11.4 Å². The lowest BCUT2D eigenvalue weighted by Gasteiger charge is -2.07. The minimum atomic E-state index is -0.00102. The highest BCUT2D eigenvalue weighted by Crippen LogP contribution is 2.38. The average Bonchev–Trinajstić information content (AvgIpc) is 2.74. The molecule has 2 aromatic rings. The lowest BCUT2D eigenvalue weighted by Crippen LogP contribution is -2.01. The maximum Gasteiger partial charge on any atom is 0.197 e. The van der Waals surface area contributed by atoms with Gasteiger partial charge in [-0.25, -0.2) is 0 Å². The van der Waals surface area contributed by atoms with Gasteiger partial charge < -0.3 is 4.74 Å². The van der Waals surface area contributed by atoms with Crippen LogP contribution in [0, 0.1) is 0 Å². The van der Waals surface area contributed by atoms with Crippen molar-refractivity contribution in [3.63, 3.8) is 0 Å². The van der Waals surface area contributed by atoms with E-state index in [0.717, 1.165) is 18.4 Å². The summed E-state index contributed by atoms with van der Waals surface area (Å²) in [6, 6.07) is 15.1. The molecular formula is C24H24O2. The van der Waals surface area contributed by atoms with Gasteiger partial charge in [0.1, 0.15) is 11.5 Å². The molecule has 0 unspecified atom stereocenters. The second-order valence-corrected chi connectivity index (χ2v) is 6.84. The molecule has 0 spiro atoms. The van der Waals surface area contributed by atoms with Crippen LogP contribution < -0.4 is 4.74 Å². The molecule has 132 valence electrons. The van der Waals surface area contributed by atoms with Crippen LogP contribution in [0.15, 0.2) is 77.9 Å². The third-order valence-corrected chi connectivity index (χ3v) is 4.40. The van der Waals surface area contributed by atoms with E-state index < -0.39 is 0 Å². The Morgan fingerprint density at radius 2 is 1.54 bits per heavy atom. The normalized spacial score (nSPS) is 15.0. The first-order valence-corrected chi connectivity index (χ1v) is 8.98. The van der Waals surface area contributed by atoms with Gasteiger partial charge in [-0.15, -0.1) is 0 Å². The largest absolute Gasteiger partial charge is 0.456 e. The molecule has 0 amide bonds. The number of allylic oxidation sites excluding steroid dienone is 6. The van der Waals surface area contributed by atoms with Gasteiger partial charge in [0.2, 0.25) is 0 Å². The van der Waals surface area contributed by atoms with Crippen molar-refractivity contribution in [2.75, 3.05) is 0 Å². The van der Waals surface area contributed by atoms with Crippen LogP contribution in [-0.4, -0.2) is 5.78 Å². The van der Waals surface area contributed by atoms with Crippen LogP contribution in [-0.2, 0) is 0 Å². The van der Waals surface area contributed by atoms with Crippen LogP contribution in [0.4, 0.5) is 0 Å². The Bertz CT molecular complexity index is 909. The van der Waals surface area contributed by atoms with Gasteiger partial charge in [0.15, 0.2) is 5.78 Å². The third kappa shape index (κ3) is 4.02. The first-order chi connectivity index (χ1) is 12.6. The SMILES string of the molecule is CC(C)=CCC/C(C)=C\C=C1\C(=O)c2ccccc2Oc2ccccc21. The maximum absolute atomic E-state index is 13.1. The first kappa shape index (κ1) is 17.9. The third-order valence-electron chi connectivity index (χ3n) is 4.40. The maximum atomic E-state index is 13.1. The van der Waals surface area contributed by atoms with Crippen molar-refractivity contribution in [1.29, 1.82) is 0 Å². The summed E-state index contributed by atoms with van der Waals surface area (Å²) in [7, 11) is 0. The lowest BCUT2D eigenvalue weighted by molar-refractivity contribution is 0.105. The van der Waals surface area contributed by atoms with E-state index in [1.807, 2.05) is 54.6 Å². The van der Waals surface area contributed by atoms with E-state index in [2.05, 4.69) is 32.9 Å². The number of carbonyl (C=O) groups is 1. The number of Topliss-reactive ketones (excluding diaryl/α,β-unsaturated/α-hetero) is 1. The molecule has 0 aromatic heterocycles. The van der Waals surface area contributed by atoms with Gasteiger partial charge in [-0.3, -0.25) is 4.79 Å². The van der Waals surface area contributed by atoms with Crippen LogP contribution in [0.2, 0.25) is 0 Å². The van der Waals surface area contributed by atoms with Gasteiger partial charge in [0.05, 0.1) is 5.56 Å². The number of fused-ring (bicyclic) bond motifs is 2. The molecule has 26 heavy (non-hydrogen) atoms. The van der Waals surface area contributed by atoms with Crippen molar-refractivity contribution in [1.82, 2.24) is 0 Å². The van der Waals surface area contributed by atoms with E-state index in [-0.39, 0.29) is 5.78 Å². The highest BCUT2D eigenvalue weighted by Gasteiger charge is 2.24. The summed E-state index contributed by atoms with van der Waals surface area (Å²) >= 11 is 0. The molecule has 1 aliphatic heterocycles.